The molecule has 1 fully saturated rings. The van der Waals surface area contributed by atoms with E-state index >= 15 is 0 Å². The highest BCUT2D eigenvalue weighted by molar-refractivity contribution is 7.18. The van der Waals surface area contributed by atoms with E-state index in [1.165, 1.54) is 10.8 Å². The van der Waals surface area contributed by atoms with Gasteiger partial charge in [-0.1, -0.05) is 36.4 Å². The molecule has 0 spiro atoms. The van der Waals surface area contributed by atoms with Crippen LogP contribution < -0.4 is 4.90 Å². The smallest absolute Gasteiger partial charge is 0.226 e. The maximum Gasteiger partial charge on any atom is 0.226 e. The van der Waals surface area contributed by atoms with Crippen LogP contribution in [0.25, 0.3) is 31.9 Å². The summed E-state index contributed by atoms with van der Waals surface area (Å²) in [5, 5.41) is 13.1. The van der Waals surface area contributed by atoms with Crippen molar-refractivity contribution in [2.24, 2.45) is 0 Å². The van der Waals surface area contributed by atoms with Gasteiger partial charge < -0.3 is 10.0 Å². The summed E-state index contributed by atoms with van der Waals surface area (Å²) in [4.78, 5) is 17.3. The normalized spacial score (nSPS) is 16.6. The lowest BCUT2D eigenvalue weighted by atomic mass is 10.1. The molecule has 0 saturated carbocycles. The lowest BCUT2D eigenvalue weighted by molar-refractivity contribution is 0.265. The van der Waals surface area contributed by atoms with Crippen LogP contribution in [-0.4, -0.2) is 39.3 Å². The summed E-state index contributed by atoms with van der Waals surface area (Å²) < 4.78 is 0. The van der Waals surface area contributed by atoms with E-state index in [-0.39, 0.29) is 12.6 Å². The molecule has 1 aliphatic heterocycles. The Morgan fingerprint density at radius 2 is 1.97 bits per heavy atom. The molecule has 146 valence electrons. The molecule has 0 amide bonds. The molecule has 0 unspecified atom stereocenters. The van der Waals surface area contributed by atoms with Crippen molar-refractivity contribution in [3.63, 3.8) is 0 Å². The Morgan fingerprint density at radius 1 is 1.10 bits per heavy atom. The Balaban J connectivity index is 1.51. The molecule has 1 aliphatic rings. The summed E-state index contributed by atoms with van der Waals surface area (Å²) >= 11 is 1.66. The summed E-state index contributed by atoms with van der Waals surface area (Å²) in [7, 11) is 0. The van der Waals surface area contributed by atoms with E-state index in [1.54, 1.807) is 17.5 Å². The van der Waals surface area contributed by atoms with Crippen molar-refractivity contribution in [2.75, 3.05) is 18.1 Å². The van der Waals surface area contributed by atoms with Gasteiger partial charge in [-0.15, -0.1) is 11.3 Å². The lowest BCUT2D eigenvalue weighted by Crippen LogP contribution is -2.33. The second-order valence-corrected chi connectivity index (χ2v) is 8.41. The Kier molecular flexibility index (Phi) is 4.73. The van der Waals surface area contributed by atoms with Gasteiger partial charge >= 0.3 is 0 Å². The second-order valence-electron chi connectivity index (χ2n) is 7.41. The average molecular weight is 403 g/mol. The van der Waals surface area contributed by atoms with Gasteiger partial charge in [0.25, 0.3) is 0 Å². The van der Waals surface area contributed by atoms with Crippen molar-refractivity contribution in [1.82, 2.24) is 15.0 Å². The fraction of sp³-hybridized carbons (Fsp3) is 0.261. The van der Waals surface area contributed by atoms with E-state index in [1.807, 2.05) is 13.0 Å². The molecule has 0 radical (unpaired) electrons. The van der Waals surface area contributed by atoms with Crippen LogP contribution >= 0.6 is 11.3 Å². The first kappa shape index (κ1) is 18.2. The number of thiazole rings is 1. The first-order chi connectivity index (χ1) is 14.2. The number of rotatable bonds is 4. The van der Waals surface area contributed by atoms with Crippen LogP contribution in [0.5, 0.6) is 0 Å². The van der Waals surface area contributed by atoms with E-state index in [9.17, 15) is 5.11 Å². The van der Waals surface area contributed by atoms with Gasteiger partial charge in [-0.05, 0) is 42.7 Å². The molecule has 1 N–H and O–H groups in total. The first-order valence-corrected chi connectivity index (χ1v) is 10.7. The van der Waals surface area contributed by atoms with Crippen LogP contribution in [0.2, 0.25) is 0 Å². The van der Waals surface area contributed by atoms with Gasteiger partial charge in [0.15, 0.2) is 0 Å². The molecule has 2 aromatic carbocycles. The third-order valence-corrected chi connectivity index (χ3v) is 6.74. The molecule has 6 heteroatoms. The third kappa shape index (κ3) is 3.39. The first-order valence-electron chi connectivity index (χ1n) is 9.90. The largest absolute Gasteiger partial charge is 0.394 e. The highest BCUT2D eigenvalue weighted by atomic mass is 32.1. The predicted octanol–water partition coefficient (Wildman–Crippen LogP) is 4.69. The fourth-order valence-corrected chi connectivity index (χ4v) is 5.01. The molecule has 3 heterocycles. The number of aliphatic hydroxyl groups excluding tert-OH is 1. The van der Waals surface area contributed by atoms with Gasteiger partial charge in [0.1, 0.15) is 5.01 Å². The van der Waals surface area contributed by atoms with Crippen molar-refractivity contribution in [3.8, 4) is 21.1 Å². The zero-order valence-electron chi connectivity index (χ0n) is 16.2. The number of aryl methyl sites for hydroxylation is 1. The Labute approximate surface area is 173 Å². The van der Waals surface area contributed by atoms with Crippen LogP contribution in [0.4, 0.5) is 5.95 Å². The number of anilines is 1. The van der Waals surface area contributed by atoms with Gasteiger partial charge in [0.05, 0.1) is 28.9 Å². The highest BCUT2D eigenvalue weighted by Gasteiger charge is 2.26. The van der Waals surface area contributed by atoms with Crippen molar-refractivity contribution < 1.29 is 5.11 Å². The maximum absolute atomic E-state index is 9.63. The minimum absolute atomic E-state index is 0.112. The third-order valence-electron chi connectivity index (χ3n) is 5.51. The number of aromatic nitrogens is 3. The van der Waals surface area contributed by atoms with E-state index in [4.69, 9.17) is 9.97 Å². The molecule has 29 heavy (non-hydrogen) atoms. The van der Waals surface area contributed by atoms with Crippen molar-refractivity contribution in [2.45, 2.75) is 25.8 Å². The Bertz CT molecular complexity index is 1170. The minimum atomic E-state index is 0.112. The second kappa shape index (κ2) is 7.54. The number of fused-ring (bicyclic) bond motifs is 1. The minimum Gasteiger partial charge on any atom is -0.394 e. The average Bonchev–Trinajstić information content (AvgIpc) is 3.40. The molecule has 1 saturated heterocycles. The quantitative estimate of drug-likeness (QED) is 0.537. The summed E-state index contributed by atoms with van der Waals surface area (Å²) in [6, 6.07) is 16.9. The lowest BCUT2D eigenvalue weighted by Gasteiger charge is -2.22. The molecule has 0 aliphatic carbocycles. The van der Waals surface area contributed by atoms with Crippen molar-refractivity contribution in [1.29, 1.82) is 0 Å². The van der Waals surface area contributed by atoms with E-state index < -0.39 is 0 Å². The van der Waals surface area contributed by atoms with Gasteiger partial charge in [-0.2, -0.15) is 0 Å². The van der Waals surface area contributed by atoms with E-state index in [0.29, 0.717) is 5.95 Å². The Hall–Kier alpha value is -2.83. The van der Waals surface area contributed by atoms with Gasteiger partial charge in [-0.25, -0.2) is 15.0 Å². The summed E-state index contributed by atoms with van der Waals surface area (Å²) in [6.45, 7) is 3.06. The van der Waals surface area contributed by atoms with Crippen LogP contribution in [-0.2, 0) is 0 Å². The number of aliphatic hydroxyl groups is 1. The number of benzene rings is 2. The fourth-order valence-electron chi connectivity index (χ4n) is 3.98. The topological polar surface area (TPSA) is 62.1 Å². The van der Waals surface area contributed by atoms with Crippen molar-refractivity contribution >= 4 is 28.1 Å². The summed E-state index contributed by atoms with van der Waals surface area (Å²) in [6.07, 6.45) is 3.85. The molecular formula is C23H22N4OS. The highest BCUT2D eigenvalue weighted by Crippen LogP contribution is 2.36. The maximum atomic E-state index is 9.63. The van der Waals surface area contributed by atoms with Crippen molar-refractivity contribution in [3.05, 3.63) is 60.4 Å². The molecule has 5 nitrogen and oxygen atoms in total. The van der Waals surface area contributed by atoms with Gasteiger partial charge in [0.2, 0.25) is 5.95 Å². The Morgan fingerprint density at radius 3 is 2.83 bits per heavy atom. The SMILES string of the molecule is Cc1nc(-c2ccc3ccccc3c2)sc1-c1ccnc(N2CCC[C@@H]2CO)n1. The van der Waals surface area contributed by atoms with Gasteiger partial charge in [-0.3, -0.25) is 0 Å². The zero-order valence-corrected chi connectivity index (χ0v) is 17.1. The number of hydrogen-bond acceptors (Lipinski definition) is 6. The predicted molar refractivity (Wildman–Crippen MR) is 118 cm³/mol. The molecule has 5 rings (SSSR count). The summed E-state index contributed by atoms with van der Waals surface area (Å²) in [5.74, 6) is 0.694. The van der Waals surface area contributed by atoms with Crippen LogP contribution in [0.1, 0.15) is 18.5 Å². The van der Waals surface area contributed by atoms with Gasteiger partial charge in [0, 0.05) is 18.3 Å². The number of nitrogens with zero attached hydrogens (tertiary/aromatic N) is 4. The molecule has 1 atom stereocenters. The molecule has 2 aromatic heterocycles. The molecule has 0 bridgehead atoms. The van der Waals surface area contributed by atoms with E-state index in [2.05, 4.69) is 52.3 Å². The van der Waals surface area contributed by atoms with Crippen LogP contribution in [0.15, 0.2) is 54.7 Å². The van der Waals surface area contributed by atoms with Crippen LogP contribution in [0.3, 0.4) is 0 Å². The zero-order chi connectivity index (χ0) is 19.8. The molecular weight excluding hydrogens is 380 g/mol. The number of hydrogen-bond donors (Lipinski definition) is 1. The summed E-state index contributed by atoms with van der Waals surface area (Å²) in [5.41, 5.74) is 2.99. The van der Waals surface area contributed by atoms with E-state index in [0.717, 1.165) is 46.2 Å². The monoisotopic (exact) mass is 402 g/mol. The molecule has 4 aromatic rings. The standard InChI is InChI=1S/C23H22N4OS/c1-15-21(20-10-11-24-23(26-20)27-12-4-7-19(27)14-28)29-22(25-15)18-9-8-16-5-2-3-6-17(16)13-18/h2-3,5-6,8-11,13,19,28H,4,7,12,14H2,1H3/t19-/m1/s1. The van der Waals surface area contributed by atoms with Crippen LogP contribution in [0, 0.1) is 6.92 Å².